The van der Waals surface area contributed by atoms with Gasteiger partial charge >= 0.3 is 51.4 Å². The molecule has 30 heavy (non-hydrogen) atoms. The maximum Gasteiger partial charge on any atom is 1.00 e. The van der Waals surface area contributed by atoms with Gasteiger partial charge in [-0.2, -0.15) is 0 Å². The summed E-state index contributed by atoms with van der Waals surface area (Å²) in [7, 11) is -4.60. The summed E-state index contributed by atoms with van der Waals surface area (Å²) in [5, 5.41) is 0. The molecule has 0 aliphatic carbocycles. The Hall–Kier alpha value is -0.214. The predicted octanol–water partition coefficient (Wildman–Crippen LogP) is 3.85. The first-order valence-corrected chi connectivity index (χ1v) is 12.2. The molecule has 0 spiro atoms. The summed E-state index contributed by atoms with van der Waals surface area (Å²) in [6.07, 6.45) is 13.1. The van der Waals surface area contributed by atoms with Crippen LogP contribution in [0.2, 0.25) is 0 Å². The largest absolute Gasteiger partial charge is 1.00 e. The van der Waals surface area contributed by atoms with Gasteiger partial charge in [0.1, 0.15) is 21.6 Å². The molecule has 0 fully saturated rings. The van der Waals surface area contributed by atoms with Gasteiger partial charge in [-0.25, -0.2) is 8.42 Å². The molecule has 4 nitrogen and oxygen atoms in total. The molecule has 0 aromatic heterocycles. The van der Waals surface area contributed by atoms with Gasteiger partial charge in [-0.3, -0.25) is 0 Å². The van der Waals surface area contributed by atoms with E-state index in [1.807, 2.05) is 24.3 Å². The van der Waals surface area contributed by atoms with Crippen LogP contribution >= 0.6 is 0 Å². The van der Waals surface area contributed by atoms with E-state index in [9.17, 15) is 13.0 Å². The van der Waals surface area contributed by atoms with Crippen LogP contribution in [0.15, 0.2) is 53.4 Å². The quantitative estimate of drug-likeness (QED) is 0.246. The van der Waals surface area contributed by atoms with Crippen LogP contribution < -0.4 is 56.1 Å². The van der Waals surface area contributed by atoms with E-state index >= 15 is 0 Å². The number of rotatable bonds is 14. The van der Waals surface area contributed by atoms with Gasteiger partial charge in [-0.15, -0.1) is 0 Å². The minimum atomic E-state index is -4.60. The second-order valence-corrected chi connectivity index (χ2v) is 8.89. The molecule has 0 aliphatic heterocycles. The summed E-state index contributed by atoms with van der Waals surface area (Å²) in [6.45, 7) is 2.23. The molecule has 0 bridgehead atoms. The van der Waals surface area contributed by atoms with Crippen LogP contribution in [-0.2, 0) is 16.5 Å². The van der Waals surface area contributed by atoms with Crippen molar-refractivity contribution in [3.8, 4) is 11.5 Å². The van der Waals surface area contributed by atoms with Crippen LogP contribution in [0, 0.1) is 0 Å². The second-order valence-electron chi connectivity index (χ2n) is 7.55. The molecule has 160 valence electrons. The Balaban J connectivity index is 0.00000450. The number of benzene rings is 2. The fraction of sp³-hybridized carbons (Fsp3) is 0.500. The van der Waals surface area contributed by atoms with E-state index in [1.54, 1.807) is 18.2 Å². The Morgan fingerprint density at radius 1 is 0.767 bits per heavy atom. The molecular weight excluding hydrogens is 423 g/mol. The fourth-order valence-corrected chi connectivity index (χ4v) is 4.13. The third-order valence-corrected chi connectivity index (χ3v) is 5.95. The second kappa shape index (κ2) is 15.6. The van der Waals surface area contributed by atoms with Crippen LogP contribution in [0.25, 0.3) is 0 Å². The minimum absolute atomic E-state index is 0. The first-order valence-electron chi connectivity index (χ1n) is 10.8. The van der Waals surface area contributed by atoms with Crippen molar-refractivity contribution in [1.29, 1.82) is 0 Å². The van der Waals surface area contributed by atoms with Crippen LogP contribution in [0.4, 0.5) is 0 Å². The van der Waals surface area contributed by atoms with Crippen molar-refractivity contribution in [2.24, 2.45) is 0 Å². The molecule has 0 N–H and O–H groups in total. The summed E-state index contributed by atoms with van der Waals surface area (Å²) >= 11 is 0. The van der Waals surface area contributed by atoms with E-state index in [1.165, 1.54) is 57.4 Å². The van der Waals surface area contributed by atoms with Gasteiger partial charge in [-0.05, 0) is 36.6 Å². The van der Waals surface area contributed by atoms with E-state index in [0.717, 1.165) is 18.4 Å². The average Bonchev–Trinajstić information content (AvgIpc) is 2.70. The number of para-hydroxylation sites is 2. The Kier molecular flexibility index (Phi) is 14.4. The maximum atomic E-state index is 11.7. The zero-order chi connectivity index (χ0) is 21.0. The molecule has 2 aromatic rings. The summed E-state index contributed by atoms with van der Waals surface area (Å²) in [4.78, 5) is -0.286. The van der Waals surface area contributed by atoms with Crippen molar-refractivity contribution in [2.75, 3.05) is 0 Å². The SMILES string of the molecule is CCCCCCCCCCCCc1cccc(S(=O)(=O)[O-])c1Oc1ccccc1.[K+]. The van der Waals surface area contributed by atoms with Crippen molar-refractivity contribution in [1.82, 2.24) is 0 Å². The zero-order valence-corrected chi connectivity index (χ0v) is 22.4. The summed E-state index contributed by atoms with van der Waals surface area (Å²) in [5.41, 5.74) is 0.769. The average molecular weight is 457 g/mol. The molecule has 0 amide bonds. The molecule has 0 saturated heterocycles. The Bertz CT molecular complexity index is 822. The van der Waals surface area contributed by atoms with Gasteiger partial charge in [0.05, 0.1) is 4.90 Å². The van der Waals surface area contributed by atoms with Crippen molar-refractivity contribution in [3.63, 3.8) is 0 Å². The van der Waals surface area contributed by atoms with E-state index < -0.39 is 10.1 Å². The Morgan fingerprint density at radius 3 is 1.90 bits per heavy atom. The van der Waals surface area contributed by atoms with E-state index in [4.69, 9.17) is 4.74 Å². The maximum absolute atomic E-state index is 11.7. The molecule has 6 heteroatoms. The number of ether oxygens (including phenoxy) is 1. The molecular formula is C24H33KO4S. The zero-order valence-electron chi connectivity index (χ0n) is 18.4. The normalized spacial score (nSPS) is 11.1. The Labute approximate surface area is 225 Å². The monoisotopic (exact) mass is 456 g/mol. The van der Waals surface area contributed by atoms with Crippen molar-refractivity contribution in [3.05, 3.63) is 54.1 Å². The van der Waals surface area contributed by atoms with Gasteiger partial charge in [0.25, 0.3) is 0 Å². The molecule has 0 atom stereocenters. The topological polar surface area (TPSA) is 66.4 Å². The summed E-state index contributed by atoms with van der Waals surface area (Å²) < 4.78 is 40.9. The number of aryl methyl sites for hydroxylation is 1. The Morgan fingerprint density at radius 2 is 1.33 bits per heavy atom. The summed E-state index contributed by atoms with van der Waals surface area (Å²) in [5.74, 6) is 0.692. The van der Waals surface area contributed by atoms with Crippen molar-refractivity contribution < 1.29 is 69.1 Å². The molecule has 0 aliphatic rings. The van der Waals surface area contributed by atoms with Crippen LogP contribution in [0.5, 0.6) is 11.5 Å². The fourth-order valence-electron chi connectivity index (χ4n) is 3.48. The van der Waals surface area contributed by atoms with Crippen molar-refractivity contribution >= 4 is 10.1 Å². The molecule has 0 heterocycles. The standard InChI is InChI=1S/C24H34O4S.K/c1-2-3-4-5-6-7-8-9-10-12-16-21-17-15-20-23(29(25,26)27)24(21)28-22-18-13-11-14-19-22;/h11,13-15,17-20H,2-10,12,16H2,1H3,(H,25,26,27);/q;+1/p-1. The van der Waals surface area contributed by atoms with Gasteiger partial charge in [0.15, 0.2) is 0 Å². The third-order valence-electron chi connectivity index (χ3n) is 5.09. The minimum Gasteiger partial charge on any atom is -0.744 e. The van der Waals surface area contributed by atoms with E-state index in [0.29, 0.717) is 12.2 Å². The molecule has 0 radical (unpaired) electrons. The summed E-state index contributed by atoms with van der Waals surface area (Å²) in [6, 6.07) is 13.8. The molecule has 2 rings (SSSR count). The van der Waals surface area contributed by atoms with Gasteiger partial charge in [0, 0.05) is 0 Å². The van der Waals surface area contributed by atoms with Crippen LogP contribution in [0.3, 0.4) is 0 Å². The predicted molar refractivity (Wildman–Crippen MR) is 116 cm³/mol. The van der Waals surface area contributed by atoms with E-state index in [-0.39, 0.29) is 62.0 Å². The first kappa shape index (κ1) is 27.8. The van der Waals surface area contributed by atoms with Crippen molar-refractivity contribution in [2.45, 2.75) is 82.4 Å². The smallest absolute Gasteiger partial charge is 0.744 e. The molecule has 0 unspecified atom stereocenters. The first-order chi connectivity index (χ1) is 14.0. The van der Waals surface area contributed by atoms with Gasteiger partial charge < -0.3 is 9.29 Å². The van der Waals surface area contributed by atoms with Crippen LogP contribution in [-0.4, -0.2) is 13.0 Å². The number of hydrogen-bond acceptors (Lipinski definition) is 4. The van der Waals surface area contributed by atoms with Gasteiger partial charge in [-0.1, -0.05) is 95.0 Å². The van der Waals surface area contributed by atoms with E-state index in [2.05, 4.69) is 6.92 Å². The molecule has 2 aromatic carbocycles. The van der Waals surface area contributed by atoms with Gasteiger partial charge in [0.2, 0.25) is 0 Å². The number of unbranched alkanes of at least 4 members (excludes halogenated alkanes) is 9. The van der Waals surface area contributed by atoms with Crippen LogP contribution in [0.1, 0.15) is 76.7 Å². The number of hydrogen-bond donors (Lipinski definition) is 0. The molecule has 0 saturated carbocycles. The third kappa shape index (κ3) is 10.4.